The molecule has 7 heteroatoms. The van der Waals surface area contributed by atoms with Gasteiger partial charge in [0.1, 0.15) is 12.9 Å². The van der Waals surface area contributed by atoms with E-state index in [0.717, 1.165) is 15.6 Å². The van der Waals surface area contributed by atoms with E-state index in [9.17, 15) is 4.79 Å². The van der Waals surface area contributed by atoms with Gasteiger partial charge in [-0.3, -0.25) is 4.79 Å². The minimum absolute atomic E-state index is 0.181. The molecule has 1 aromatic heterocycles. The van der Waals surface area contributed by atoms with Crippen LogP contribution in [0.1, 0.15) is 21.6 Å². The van der Waals surface area contributed by atoms with Gasteiger partial charge in [0.25, 0.3) is 5.91 Å². The molecule has 0 unspecified atom stereocenters. The molecule has 0 radical (unpaired) electrons. The van der Waals surface area contributed by atoms with Gasteiger partial charge in [-0.2, -0.15) is 0 Å². The second kappa shape index (κ2) is 9.96. The molecule has 6 nitrogen and oxygen atoms in total. The second-order valence-electron chi connectivity index (χ2n) is 6.04. The van der Waals surface area contributed by atoms with Gasteiger partial charge in [-0.05, 0) is 36.2 Å². The SMILES string of the molecule is Cc1cc(Br)ccc1NC(=O)c1ncncc1OCCOCc1ccccc1. The number of aromatic nitrogens is 2. The molecule has 0 saturated heterocycles. The first-order valence-electron chi connectivity index (χ1n) is 8.75. The van der Waals surface area contributed by atoms with Gasteiger partial charge in [0, 0.05) is 10.2 Å². The second-order valence-corrected chi connectivity index (χ2v) is 6.95. The smallest absolute Gasteiger partial charge is 0.278 e. The number of anilines is 1. The van der Waals surface area contributed by atoms with Crippen LogP contribution in [0.2, 0.25) is 0 Å². The van der Waals surface area contributed by atoms with E-state index in [4.69, 9.17) is 9.47 Å². The number of amides is 1. The lowest BCUT2D eigenvalue weighted by atomic mass is 10.2. The molecular formula is C21H20BrN3O3. The third kappa shape index (κ3) is 5.61. The van der Waals surface area contributed by atoms with Crippen molar-refractivity contribution in [2.45, 2.75) is 13.5 Å². The minimum atomic E-state index is -0.354. The monoisotopic (exact) mass is 441 g/mol. The first-order chi connectivity index (χ1) is 13.6. The quantitative estimate of drug-likeness (QED) is 0.524. The molecule has 0 spiro atoms. The Labute approximate surface area is 172 Å². The fourth-order valence-corrected chi connectivity index (χ4v) is 2.99. The van der Waals surface area contributed by atoms with E-state index in [-0.39, 0.29) is 18.2 Å². The van der Waals surface area contributed by atoms with Crippen molar-refractivity contribution in [3.05, 3.63) is 82.3 Å². The number of carbonyl (C=O) groups excluding carboxylic acids is 1. The van der Waals surface area contributed by atoms with Crippen LogP contribution in [0.15, 0.2) is 65.5 Å². The fourth-order valence-electron chi connectivity index (χ4n) is 2.52. The topological polar surface area (TPSA) is 73.3 Å². The first-order valence-corrected chi connectivity index (χ1v) is 9.55. The molecule has 0 bridgehead atoms. The van der Waals surface area contributed by atoms with Gasteiger partial charge < -0.3 is 14.8 Å². The predicted octanol–water partition coefficient (Wildman–Crippen LogP) is 4.40. The molecule has 144 valence electrons. The van der Waals surface area contributed by atoms with Gasteiger partial charge >= 0.3 is 0 Å². The van der Waals surface area contributed by atoms with Crippen LogP contribution in [0.25, 0.3) is 0 Å². The van der Waals surface area contributed by atoms with Crippen molar-refractivity contribution in [3.8, 4) is 5.75 Å². The number of halogens is 1. The first kappa shape index (κ1) is 20.0. The van der Waals surface area contributed by atoms with Crippen LogP contribution in [-0.4, -0.2) is 29.1 Å². The van der Waals surface area contributed by atoms with Gasteiger partial charge in [0.15, 0.2) is 11.4 Å². The summed E-state index contributed by atoms with van der Waals surface area (Å²) in [6.07, 6.45) is 2.80. The van der Waals surface area contributed by atoms with Crippen molar-refractivity contribution in [2.24, 2.45) is 0 Å². The third-order valence-electron chi connectivity index (χ3n) is 3.93. The number of hydrogen-bond acceptors (Lipinski definition) is 5. The van der Waals surface area contributed by atoms with Crippen molar-refractivity contribution < 1.29 is 14.3 Å². The number of benzene rings is 2. The molecule has 0 saturated carbocycles. The van der Waals surface area contributed by atoms with E-state index >= 15 is 0 Å². The Hall–Kier alpha value is -2.77. The molecule has 1 N–H and O–H groups in total. The Kier molecular flexibility index (Phi) is 7.11. The highest BCUT2D eigenvalue weighted by atomic mass is 79.9. The average Bonchev–Trinajstić information content (AvgIpc) is 2.71. The molecule has 3 rings (SSSR count). The van der Waals surface area contributed by atoms with Crippen LogP contribution in [0.3, 0.4) is 0 Å². The molecule has 1 amide bonds. The predicted molar refractivity (Wildman–Crippen MR) is 110 cm³/mol. The van der Waals surface area contributed by atoms with Crippen LogP contribution < -0.4 is 10.1 Å². The molecular weight excluding hydrogens is 422 g/mol. The van der Waals surface area contributed by atoms with E-state index in [1.54, 1.807) is 0 Å². The summed E-state index contributed by atoms with van der Waals surface area (Å²) in [6, 6.07) is 15.5. The summed E-state index contributed by atoms with van der Waals surface area (Å²) in [6.45, 7) is 3.10. The maximum absolute atomic E-state index is 12.6. The zero-order chi connectivity index (χ0) is 19.8. The Morgan fingerprint density at radius 1 is 1.14 bits per heavy atom. The van der Waals surface area contributed by atoms with Gasteiger partial charge in [-0.25, -0.2) is 9.97 Å². The minimum Gasteiger partial charge on any atom is -0.487 e. The molecule has 1 heterocycles. The number of hydrogen-bond donors (Lipinski definition) is 1. The van der Waals surface area contributed by atoms with E-state index in [2.05, 4.69) is 31.2 Å². The lowest BCUT2D eigenvalue weighted by Gasteiger charge is -2.12. The molecule has 3 aromatic rings. The summed E-state index contributed by atoms with van der Waals surface area (Å²) in [5.41, 5.74) is 2.92. The standard InChI is InChI=1S/C21H20BrN3O3/c1-15-11-17(22)7-8-18(15)25-21(26)20-19(12-23-14-24-20)28-10-9-27-13-16-5-3-2-4-6-16/h2-8,11-12,14H,9-10,13H2,1H3,(H,25,26). The Morgan fingerprint density at radius 3 is 2.75 bits per heavy atom. The van der Waals surface area contributed by atoms with Crippen molar-refractivity contribution in [1.82, 2.24) is 9.97 Å². The van der Waals surface area contributed by atoms with E-state index in [0.29, 0.717) is 24.7 Å². The van der Waals surface area contributed by atoms with Gasteiger partial charge in [0.05, 0.1) is 19.4 Å². The van der Waals surface area contributed by atoms with E-state index in [1.807, 2.05) is 55.5 Å². The Bertz CT molecular complexity index is 935. The summed E-state index contributed by atoms with van der Waals surface area (Å²) < 4.78 is 12.2. The van der Waals surface area contributed by atoms with Crippen molar-refractivity contribution in [1.29, 1.82) is 0 Å². The molecule has 0 aliphatic carbocycles. The van der Waals surface area contributed by atoms with Crippen molar-refractivity contribution in [2.75, 3.05) is 18.5 Å². The van der Waals surface area contributed by atoms with E-state index < -0.39 is 0 Å². The van der Waals surface area contributed by atoms with Gasteiger partial charge in [-0.15, -0.1) is 0 Å². The number of carbonyl (C=O) groups is 1. The van der Waals surface area contributed by atoms with Crippen LogP contribution >= 0.6 is 15.9 Å². The Balaban J connectivity index is 1.55. The molecule has 2 aromatic carbocycles. The number of aryl methyl sites for hydroxylation is 1. The molecule has 28 heavy (non-hydrogen) atoms. The Morgan fingerprint density at radius 2 is 1.96 bits per heavy atom. The van der Waals surface area contributed by atoms with Crippen LogP contribution in [0.5, 0.6) is 5.75 Å². The van der Waals surface area contributed by atoms with E-state index in [1.165, 1.54) is 12.5 Å². The van der Waals surface area contributed by atoms with Crippen molar-refractivity contribution >= 4 is 27.5 Å². The number of ether oxygens (including phenoxy) is 2. The lowest BCUT2D eigenvalue weighted by molar-refractivity contribution is 0.0872. The van der Waals surface area contributed by atoms with Gasteiger partial charge in [-0.1, -0.05) is 46.3 Å². The zero-order valence-corrected chi connectivity index (χ0v) is 17.0. The fraction of sp³-hybridized carbons (Fsp3) is 0.190. The summed E-state index contributed by atoms with van der Waals surface area (Å²) in [5.74, 6) is -0.0360. The van der Waals surface area contributed by atoms with Crippen LogP contribution in [0, 0.1) is 6.92 Å². The maximum atomic E-state index is 12.6. The number of nitrogens with one attached hydrogen (secondary N) is 1. The van der Waals surface area contributed by atoms with Crippen LogP contribution in [0.4, 0.5) is 5.69 Å². The highest BCUT2D eigenvalue weighted by molar-refractivity contribution is 9.10. The molecule has 0 aliphatic rings. The molecule has 0 fully saturated rings. The third-order valence-corrected chi connectivity index (χ3v) is 4.42. The van der Waals surface area contributed by atoms with Gasteiger partial charge in [0.2, 0.25) is 0 Å². The molecule has 0 aliphatic heterocycles. The normalized spacial score (nSPS) is 10.5. The summed E-state index contributed by atoms with van der Waals surface area (Å²) in [7, 11) is 0. The zero-order valence-electron chi connectivity index (χ0n) is 15.4. The highest BCUT2D eigenvalue weighted by Gasteiger charge is 2.16. The average molecular weight is 442 g/mol. The molecule has 0 atom stereocenters. The lowest BCUT2D eigenvalue weighted by Crippen LogP contribution is -2.17. The summed E-state index contributed by atoms with van der Waals surface area (Å²) in [4.78, 5) is 20.6. The summed E-state index contributed by atoms with van der Waals surface area (Å²) in [5, 5.41) is 2.86. The highest BCUT2D eigenvalue weighted by Crippen LogP contribution is 2.22. The van der Waals surface area contributed by atoms with Crippen LogP contribution in [-0.2, 0) is 11.3 Å². The summed E-state index contributed by atoms with van der Waals surface area (Å²) >= 11 is 3.41. The van der Waals surface area contributed by atoms with Crippen molar-refractivity contribution in [3.63, 3.8) is 0 Å². The maximum Gasteiger partial charge on any atom is 0.278 e. The largest absolute Gasteiger partial charge is 0.487 e. The number of rotatable bonds is 8. The number of nitrogens with zero attached hydrogens (tertiary/aromatic N) is 2.